The van der Waals surface area contributed by atoms with Crippen molar-refractivity contribution in [2.45, 2.75) is 12.6 Å². The Balaban J connectivity index is 1.53. The van der Waals surface area contributed by atoms with Gasteiger partial charge in [0.2, 0.25) is 0 Å². The van der Waals surface area contributed by atoms with Gasteiger partial charge in [-0.15, -0.1) is 0 Å². The van der Waals surface area contributed by atoms with Gasteiger partial charge in [-0.25, -0.2) is 0 Å². The summed E-state index contributed by atoms with van der Waals surface area (Å²) in [6, 6.07) is 12.5. The first-order valence-electron chi connectivity index (χ1n) is 9.16. The molecule has 8 heteroatoms. The predicted molar refractivity (Wildman–Crippen MR) is 105 cm³/mol. The molecule has 0 atom stereocenters. The van der Waals surface area contributed by atoms with E-state index >= 15 is 0 Å². The minimum Gasteiger partial charge on any atom is -0.322 e. The molecular formula is C22H16F3N3O2. The van der Waals surface area contributed by atoms with Crippen LogP contribution < -0.4 is 10.2 Å². The summed E-state index contributed by atoms with van der Waals surface area (Å²) in [6.45, 7) is 0.521. The van der Waals surface area contributed by atoms with Gasteiger partial charge < -0.3 is 10.2 Å². The molecule has 152 valence electrons. The van der Waals surface area contributed by atoms with Gasteiger partial charge >= 0.3 is 6.18 Å². The lowest BCUT2D eigenvalue weighted by Gasteiger charge is -2.18. The van der Waals surface area contributed by atoms with Crippen molar-refractivity contribution in [1.29, 1.82) is 0 Å². The third-order valence-electron chi connectivity index (χ3n) is 4.89. The van der Waals surface area contributed by atoms with Gasteiger partial charge in [0.25, 0.3) is 11.8 Å². The number of pyridine rings is 1. The maximum Gasteiger partial charge on any atom is 0.416 e. The molecule has 0 aliphatic carbocycles. The molecule has 0 bridgehead atoms. The Kier molecular flexibility index (Phi) is 4.99. The maximum absolute atomic E-state index is 12.8. The van der Waals surface area contributed by atoms with Crippen molar-refractivity contribution in [3.63, 3.8) is 0 Å². The highest BCUT2D eigenvalue weighted by molar-refractivity contribution is 6.08. The van der Waals surface area contributed by atoms with Crippen LogP contribution in [0.15, 0.2) is 67.0 Å². The summed E-state index contributed by atoms with van der Waals surface area (Å²) in [6.07, 6.45) is -0.672. The van der Waals surface area contributed by atoms with Crippen LogP contribution in [-0.2, 0) is 12.6 Å². The number of benzene rings is 2. The van der Waals surface area contributed by atoms with Crippen molar-refractivity contribution in [3.05, 3.63) is 89.2 Å². The average Bonchev–Trinajstić information content (AvgIpc) is 3.16. The molecule has 5 nitrogen and oxygen atoms in total. The molecule has 1 aliphatic rings. The monoisotopic (exact) mass is 411 g/mol. The van der Waals surface area contributed by atoms with Gasteiger partial charge in [-0.05, 0) is 60.5 Å². The number of carbonyl (C=O) groups is 2. The summed E-state index contributed by atoms with van der Waals surface area (Å²) >= 11 is 0. The molecule has 0 saturated heterocycles. The second-order valence-electron chi connectivity index (χ2n) is 6.82. The van der Waals surface area contributed by atoms with E-state index in [0.717, 1.165) is 29.8 Å². The maximum atomic E-state index is 12.8. The standard InChI is InChI=1S/C22H16F3N3O2/c23-22(24,25)17-4-1-15(2-5-17)20(29)27-18-6-3-14-9-12-28(19(14)13-18)21(30)16-7-10-26-11-8-16/h1-8,10-11,13H,9,12H2,(H,27,29). The minimum absolute atomic E-state index is 0.105. The Morgan fingerprint density at radius 2 is 1.63 bits per heavy atom. The van der Waals surface area contributed by atoms with Crippen LogP contribution in [0.3, 0.4) is 0 Å². The zero-order chi connectivity index (χ0) is 21.3. The normalized spacial score (nSPS) is 13.1. The van der Waals surface area contributed by atoms with Crippen molar-refractivity contribution >= 4 is 23.2 Å². The first-order chi connectivity index (χ1) is 14.3. The number of nitrogens with zero attached hydrogens (tertiary/aromatic N) is 2. The van der Waals surface area contributed by atoms with E-state index in [1.165, 1.54) is 0 Å². The largest absolute Gasteiger partial charge is 0.416 e. The Labute approximate surface area is 170 Å². The Morgan fingerprint density at radius 3 is 2.30 bits per heavy atom. The lowest BCUT2D eigenvalue weighted by Crippen LogP contribution is -2.28. The highest BCUT2D eigenvalue weighted by Gasteiger charge is 2.30. The number of anilines is 2. The van der Waals surface area contributed by atoms with Crippen LogP contribution in [0.2, 0.25) is 0 Å². The highest BCUT2D eigenvalue weighted by atomic mass is 19.4. The number of halogens is 3. The molecule has 2 heterocycles. The fourth-order valence-electron chi connectivity index (χ4n) is 3.33. The fourth-order valence-corrected chi connectivity index (χ4v) is 3.33. The molecule has 0 unspecified atom stereocenters. The van der Waals surface area contributed by atoms with Crippen molar-refractivity contribution in [2.75, 3.05) is 16.8 Å². The topological polar surface area (TPSA) is 62.3 Å². The number of carbonyl (C=O) groups excluding carboxylic acids is 2. The molecule has 0 saturated carbocycles. The number of fused-ring (bicyclic) bond motifs is 1. The molecular weight excluding hydrogens is 395 g/mol. The lowest BCUT2D eigenvalue weighted by atomic mass is 10.1. The number of aromatic nitrogens is 1. The predicted octanol–water partition coefficient (Wildman–Crippen LogP) is 4.56. The number of hydrogen-bond donors (Lipinski definition) is 1. The first kappa shape index (κ1) is 19.6. The second-order valence-corrected chi connectivity index (χ2v) is 6.82. The molecule has 0 spiro atoms. The van der Waals surface area contributed by atoms with Crippen LogP contribution in [0.4, 0.5) is 24.5 Å². The molecule has 1 N–H and O–H groups in total. The summed E-state index contributed by atoms with van der Waals surface area (Å²) in [5.74, 6) is -0.698. The second kappa shape index (κ2) is 7.62. The Bertz CT molecular complexity index is 1100. The van der Waals surface area contributed by atoms with Crippen molar-refractivity contribution in [3.8, 4) is 0 Å². The quantitative estimate of drug-likeness (QED) is 0.688. The zero-order valence-electron chi connectivity index (χ0n) is 15.6. The summed E-state index contributed by atoms with van der Waals surface area (Å²) in [5, 5.41) is 2.68. The lowest BCUT2D eigenvalue weighted by molar-refractivity contribution is -0.137. The van der Waals surface area contributed by atoms with Crippen molar-refractivity contribution in [2.24, 2.45) is 0 Å². The molecule has 1 aromatic heterocycles. The van der Waals surface area contributed by atoms with Gasteiger partial charge in [0.05, 0.1) is 5.56 Å². The summed E-state index contributed by atoms with van der Waals surface area (Å²) in [5.41, 5.74) is 1.92. The summed E-state index contributed by atoms with van der Waals surface area (Å²) < 4.78 is 38.0. The zero-order valence-corrected chi connectivity index (χ0v) is 15.6. The van der Waals surface area contributed by atoms with E-state index < -0.39 is 17.6 Å². The van der Waals surface area contributed by atoms with E-state index in [9.17, 15) is 22.8 Å². The van der Waals surface area contributed by atoms with Crippen LogP contribution in [-0.4, -0.2) is 23.3 Å². The van der Waals surface area contributed by atoms with E-state index in [2.05, 4.69) is 10.3 Å². The summed E-state index contributed by atoms with van der Waals surface area (Å²) in [4.78, 5) is 30.8. The van der Waals surface area contributed by atoms with Crippen molar-refractivity contribution in [1.82, 2.24) is 4.98 Å². The van der Waals surface area contributed by atoms with Crippen LogP contribution in [0.1, 0.15) is 31.8 Å². The number of hydrogen-bond acceptors (Lipinski definition) is 3. The molecule has 2 amide bonds. The highest BCUT2D eigenvalue weighted by Crippen LogP contribution is 2.32. The molecule has 0 radical (unpaired) electrons. The van der Waals surface area contributed by atoms with E-state index in [1.54, 1.807) is 41.6 Å². The van der Waals surface area contributed by atoms with Crippen LogP contribution >= 0.6 is 0 Å². The Morgan fingerprint density at radius 1 is 0.933 bits per heavy atom. The van der Waals surface area contributed by atoms with E-state index in [4.69, 9.17) is 0 Å². The van der Waals surface area contributed by atoms with Gasteiger partial charge in [0, 0.05) is 41.4 Å². The van der Waals surface area contributed by atoms with Gasteiger partial charge in [-0.3, -0.25) is 14.6 Å². The third-order valence-corrected chi connectivity index (χ3v) is 4.89. The number of rotatable bonds is 3. The molecule has 1 aliphatic heterocycles. The molecule has 0 fully saturated rings. The van der Waals surface area contributed by atoms with E-state index in [-0.39, 0.29) is 11.5 Å². The molecule has 4 rings (SSSR count). The van der Waals surface area contributed by atoms with Crippen LogP contribution in [0, 0.1) is 0 Å². The smallest absolute Gasteiger partial charge is 0.322 e. The molecule has 30 heavy (non-hydrogen) atoms. The number of nitrogens with one attached hydrogen (secondary N) is 1. The Hall–Kier alpha value is -3.68. The van der Waals surface area contributed by atoms with Gasteiger partial charge in [0.1, 0.15) is 0 Å². The van der Waals surface area contributed by atoms with Gasteiger partial charge in [0.15, 0.2) is 0 Å². The number of amides is 2. The van der Waals surface area contributed by atoms with Crippen LogP contribution in [0.25, 0.3) is 0 Å². The third kappa shape index (κ3) is 3.89. The SMILES string of the molecule is O=C(Nc1ccc2c(c1)N(C(=O)c1ccncc1)CC2)c1ccc(C(F)(F)F)cc1. The number of alkyl halides is 3. The molecule has 3 aromatic rings. The van der Waals surface area contributed by atoms with E-state index in [0.29, 0.717) is 29.9 Å². The fraction of sp³-hybridized carbons (Fsp3) is 0.136. The van der Waals surface area contributed by atoms with Gasteiger partial charge in [-0.1, -0.05) is 6.07 Å². The van der Waals surface area contributed by atoms with Crippen molar-refractivity contribution < 1.29 is 22.8 Å². The summed E-state index contributed by atoms with van der Waals surface area (Å²) in [7, 11) is 0. The molecule has 2 aromatic carbocycles. The first-order valence-corrected chi connectivity index (χ1v) is 9.16. The minimum atomic E-state index is -4.46. The van der Waals surface area contributed by atoms with E-state index in [1.807, 2.05) is 6.07 Å². The average molecular weight is 411 g/mol. The van der Waals surface area contributed by atoms with Gasteiger partial charge in [-0.2, -0.15) is 13.2 Å². The van der Waals surface area contributed by atoms with Crippen LogP contribution in [0.5, 0.6) is 0 Å².